The molecule has 2 fully saturated rings. The number of rotatable bonds is 5. The van der Waals surface area contributed by atoms with Gasteiger partial charge in [0.25, 0.3) is 0 Å². The molecule has 1 aromatic carbocycles. The van der Waals surface area contributed by atoms with E-state index in [0.29, 0.717) is 19.4 Å². The molecule has 1 aromatic rings. The van der Waals surface area contributed by atoms with Crippen LogP contribution in [0.15, 0.2) is 24.3 Å². The normalized spacial score (nSPS) is 21.1. The Morgan fingerprint density at radius 1 is 1.17 bits per heavy atom. The van der Waals surface area contributed by atoms with Gasteiger partial charge in [0, 0.05) is 56.4 Å². The Morgan fingerprint density at radius 3 is 2.48 bits per heavy atom. The lowest BCUT2D eigenvalue weighted by Crippen LogP contribution is -2.51. The van der Waals surface area contributed by atoms with Crippen molar-refractivity contribution in [1.29, 1.82) is 0 Å². The van der Waals surface area contributed by atoms with Crippen LogP contribution in [0.25, 0.3) is 0 Å². The minimum absolute atomic E-state index is 0.198. The zero-order chi connectivity index (χ0) is 21.2. The summed E-state index contributed by atoms with van der Waals surface area (Å²) in [6, 6.07) is 7.84. The van der Waals surface area contributed by atoms with E-state index in [0.717, 1.165) is 37.6 Å². The van der Waals surface area contributed by atoms with Crippen LogP contribution in [0.3, 0.4) is 0 Å². The zero-order valence-electron chi connectivity index (χ0n) is 17.9. The summed E-state index contributed by atoms with van der Waals surface area (Å²) in [7, 11) is 1.90. The van der Waals surface area contributed by atoms with Gasteiger partial charge in [-0.05, 0) is 24.6 Å². The molecule has 1 atom stereocenters. The first kappa shape index (κ1) is 21.3. The summed E-state index contributed by atoms with van der Waals surface area (Å²) in [5, 5.41) is 2.43. The van der Waals surface area contributed by atoms with E-state index in [1.54, 1.807) is 0 Å². The molecule has 2 aliphatic heterocycles. The summed E-state index contributed by atoms with van der Waals surface area (Å²) in [5.41, 5.74) is 1.78. The van der Waals surface area contributed by atoms with Gasteiger partial charge in [-0.1, -0.05) is 26.8 Å². The smallest absolute Gasteiger partial charge is 0.249 e. The van der Waals surface area contributed by atoms with E-state index in [2.05, 4.69) is 27.2 Å². The maximum atomic E-state index is 12.3. The van der Waals surface area contributed by atoms with Gasteiger partial charge in [-0.15, -0.1) is 0 Å². The fraction of sp³-hybridized carbons (Fsp3) is 0.591. The molecule has 7 heteroatoms. The van der Waals surface area contributed by atoms with Crippen molar-refractivity contribution in [2.75, 3.05) is 49.6 Å². The highest BCUT2D eigenvalue weighted by Crippen LogP contribution is 2.26. The third kappa shape index (κ3) is 5.15. The number of nitrogens with one attached hydrogen (secondary N) is 1. The Balaban J connectivity index is 1.61. The third-order valence-electron chi connectivity index (χ3n) is 5.86. The number of piperidine rings is 1. The molecule has 7 nitrogen and oxygen atoms in total. The van der Waals surface area contributed by atoms with E-state index in [1.165, 1.54) is 0 Å². The molecule has 29 heavy (non-hydrogen) atoms. The average molecular weight is 401 g/mol. The van der Waals surface area contributed by atoms with Crippen molar-refractivity contribution in [2.24, 2.45) is 5.41 Å². The highest BCUT2D eigenvalue weighted by Gasteiger charge is 2.30. The van der Waals surface area contributed by atoms with Crippen molar-refractivity contribution in [3.8, 4) is 0 Å². The van der Waals surface area contributed by atoms with Crippen molar-refractivity contribution < 1.29 is 14.4 Å². The molecule has 3 rings (SSSR count). The Hall–Kier alpha value is -2.41. The molecule has 0 spiro atoms. The SMILES string of the molecule is CN(c1cccc(N2CCN(CC(=O)C(C)(C)C)CC2)c1)[C@@H]1CCC(=O)NC1=O. The Labute approximate surface area is 173 Å². The van der Waals surface area contributed by atoms with Gasteiger partial charge in [-0.25, -0.2) is 0 Å². The van der Waals surface area contributed by atoms with Crippen molar-refractivity contribution in [3.05, 3.63) is 24.3 Å². The quantitative estimate of drug-likeness (QED) is 0.758. The van der Waals surface area contributed by atoms with Gasteiger partial charge in [0.15, 0.2) is 5.78 Å². The van der Waals surface area contributed by atoms with Crippen molar-refractivity contribution >= 4 is 29.0 Å². The second-order valence-corrected chi connectivity index (χ2v) is 9.03. The molecule has 0 saturated carbocycles. The number of piperazine rings is 1. The number of Topliss-reactive ketones (excluding diaryl/α,β-unsaturated/α-hetero) is 1. The lowest BCUT2D eigenvalue weighted by molar-refractivity contribution is -0.134. The van der Waals surface area contributed by atoms with Gasteiger partial charge >= 0.3 is 0 Å². The number of amides is 2. The molecule has 0 unspecified atom stereocenters. The van der Waals surface area contributed by atoms with Crippen molar-refractivity contribution in [3.63, 3.8) is 0 Å². The Kier molecular flexibility index (Phi) is 6.27. The highest BCUT2D eigenvalue weighted by atomic mass is 16.2. The number of hydrogen-bond acceptors (Lipinski definition) is 6. The van der Waals surface area contributed by atoms with Gasteiger partial charge in [0.05, 0.1) is 6.54 Å². The predicted molar refractivity (Wildman–Crippen MR) is 114 cm³/mol. The second kappa shape index (κ2) is 8.53. The minimum atomic E-state index is -0.330. The van der Waals surface area contributed by atoms with Gasteiger partial charge < -0.3 is 9.80 Å². The number of carbonyl (C=O) groups is 3. The van der Waals surface area contributed by atoms with Gasteiger partial charge in [-0.3, -0.25) is 24.6 Å². The second-order valence-electron chi connectivity index (χ2n) is 9.03. The highest BCUT2D eigenvalue weighted by molar-refractivity contribution is 6.01. The van der Waals surface area contributed by atoms with Crippen LogP contribution in [0.4, 0.5) is 11.4 Å². The fourth-order valence-corrected chi connectivity index (χ4v) is 3.75. The number of hydrogen-bond donors (Lipinski definition) is 1. The topological polar surface area (TPSA) is 73.0 Å². The monoisotopic (exact) mass is 400 g/mol. The zero-order valence-corrected chi connectivity index (χ0v) is 17.9. The number of carbonyl (C=O) groups excluding carboxylic acids is 3. The summed E-state index contributed by atoms with van der Waals surface area (Å²) in [4.78, 5) is 42.4. The Bertz CT molecular complexity index is 779. The van der Waals surface area contributed by atoms with Crippen LogP contribution in [-0.2, 0) is 14.4 Å². The number of ketones is 1. The summed E-state index contributed by atoms with van der Waals surface area (Å²) in [5.74, 6) is -0.152. The average Bonchev–Trinajstić information content (AvgIpc) is 2.67. The number of benzene rings is 1. The van der Waals surface area contributed by atoms with E-state index >= 15 is 0 Å². The van der Waals surface area contributed by atoms with Crippen molar-refractivity contribution in [2.45, 2.75) is 39.7 Å². The van der Waals surface area contributed by atoms with E-state index < -0.39 is 0 Å². The molecular weight excluding hydrogens is 368 g/mol. The van der Waals surface area contributed by atoms with E-state index in [9.17, 15) is 14.4 Å². The molecule has 158 valence electrons. The van der Waals surface area contributed by atoms with Gasteiger partial charge in [0.2, 0.25) is 11.8 Å². The van der Waals surface area contributed by atoms with Crippen LogP contribution in [0.5, 0.6) is 0 Å². The molecule has 0 bridgehead atoms. The largest absolute Gasteiger partial charge is 0.369 e. The molecule has 2 amide bonds. The molecule has 0 radical (unpaired) electrons. The summed E-state index contributed by atoms with van der Waals surface area (Å²) < 4.78 is 0. The number of nitrogens with zero attached hydrogens (tertiary/aromatic N) is 3. The van der Waals surface area contributed by atoms with Crippen molar-refractivity contribution in [1.82, 2.24) is 10.2 Å². The first-order chi connectivity index (χ1) is 13.6. The minimum Gasteiger partial charge on any atom is -0.369 e. The predicted octanol–water partition coefficient (Wildman–Crippen LogP) is 1.67. The maximum absolute atomic E-state index is 12.3. The van der Waals surface area contributed by atoms with E-state index in [-0.39, 0.29) is 29.1 Å². The lowest BCUT2D eigenvalue weighted by Gasteiger charge is -2.37. The van der Waals surface area contributed by atoms with Gasteiger partial charge in [0.1, 0.15) is 6.04 Å². The number of imide groups is 1. The van der Waals surface area contributed by atoms with Crippen LogP contribution in [0.1, 0.15) is 33.6 Å². The molecule has 2 saturated heterocycles. The lowest BCUT2D eigenvalue weighted by atomic mass is 9.90. The van der Waals surface area contributed by atoms with Crippen LogP contribution in [0, 0.1) is 5.41 Å². The number of anilines is 2. The maximum Gasteiger partial charge on any atom is 0.249 e. The molecular formula is C22H32N4O3. The van der Waals surface area contributed by atoms with Crippen LogP contribution < -0.4 is 15.1 Å². The van der Waals surface area contributed by atoms with E-state index in [4.69, 9.17) is 0 Å². The van der Waals surface area contributed by atoms with Crippen LogP contribution >= 0.6 is 0 Å². The standard InChI is InChI=1S/C22H32N4O3/c1-22(2,3)19(27)15-25-10-12-26(13-11-25)17-7-5-6-16(14-17)24(4)18-8-9-20(28)23-21(18)29/h5-7,14,18H,8-13,15H2,1-4H3,(H,23,28,29)/t18-/m1/s1. The first-order valence-electron chi connectivity index (χ1n) is 10.3. The fourth-order valence-electron chi connectivity index (χ4n) is 3.75. The van der Waals surface area contributed by atoms with Crippen LogP contribution in [0.2, 0.25) is 0 Å². The number of likely N-dealkylation sites (N-methyl/N-ethyl adjacent to an activating group) is 1. The summed E-state index contributed by atoms with van der Waals surface area (Å²) in [6.45, 7) is 9.86. The molecule has 0 aromatic heterocycles. The summed E-state index contributed by atoms with van der Waals surface area (Å²) in [6.07, 6.45) is 0.904. The first-order valence-corrected chi connectivity index (χ1v) is 10.3. The third-order valence-corrected chi connectivity index (χ3v) is 5.86. The van der Waals surface area contributed by atoms with E-state index in [1.807, 2.05) is 44.9 Å². The molecule has 0 aliphatic carbocycles. The molecule has 2 heterocycles. The molecule has 1 N–H and O–H groups in total. The van der Waals surface area contributed by atoms with Crippen LogP contribution in [-0.4, -0.2) is 68.3 Å². The molecule has 2 aliphatic rings. The van der Waals surface area contributed by atoms with Gasteiger partial charge in [-0.2, -0.15) is 0 Å². The summed E-state index contributed by atoms with van der Waals surface area (Å²) >= 11 is 0. The Morgan fingerprint density at radius 2 is 1.86 bits per heavy atom.